The summed E-state index contributed by atoms with van der Waals surface area (Å²) in [6.45, 7) is 2.45. The molecule has 0 aliphatic heterocycles. The molecule has 7 nitrogen and oxygen atoms in total. The standard InChI is InChI=1S/C25H25N3O4/c1-18-7-9-19(10-8-18)17-32-23-6-4-3-5-20(23)16-26-28-25(30)15-24(29)27-21-11-13-22(31-2)14-12-21/h3-14,16H,15,17H2,1-2H3,(H,27,29)(H,28,30). The molecule has 3 aromatic rings. The normalized spacial score (nSPS) is 10.6. The van der Waals surface area contributed by atoms with E-state index in [2.05, 4.69) is 15.8 Å². The molecular formula is C25H25N3O4. The molecule has 0 spiro atoms. The van der Waals surface area contributed by atoms with E-state index in [1.54, 1.807) is 31.4 Å². The van der Waals surface area contributed by atoms with Gasteiger partial charge in [0.25, 0.3) is 0 Å². The number of benzene rings is 3. The predicted octanol–water partition coefficient (Wildman–Crippen LogP) is 4.06. The number of hydrogen-bond acceptors (Lipinski definition) is 5. The molecule has 3 rings (SSSR count). The third-order valence-corrected chi connectivity index (χ3v) is 4.52. The summed E-state index contributed by atoms with van der Waals surface area (Å²) in [6.07, 6.45) is 1.14. The summed E-state index contributed by atoms with van der Waals surface area (Å²) >= 11 is 0. The largest absolute Gasteiger partial charge is 0.497 e. The highest BCUT2D eigenvalue weighted by Gasteiger charge is 2.09. The van der Waals surface area contributed by atoms with Gasteiger partial charge in [-0.2, -0.15) is 5.10 Å². The lowest BCUT2D eigenvalue weighted by molar-refractivity contribution is -0.126. The van der Waals surface area contributed by atoms with Crippen molar-refractivity contribution in [3.8, 4) is 11.5 Å². The minimum Gasteiger partial charge on any atom is -0.497 e. The summed E-state index contributed by atoms with van der Waals surface area (Å²) in [7, 11) is 1.56. The number of carbonyl (C=O) groups is 2. The van der Waals surface area contributed by atoms with Gasteiger partial charge in [-0.1, -0.05) is 42.0 Å². The van der Waals surface area contributed by atoms with E-state index in [1.165, 1.54) is 11.8 Å². The first kappa shape index (κ1) is 22.6. The second-order valence-corrected chi connectivity index (χ2v) is 7.06. The Morgan fingerprint density at radius 1 is 0.938 bits per heavy atom. The number of hydrogen-bond donors (Lipinski definition) is 2. The monoisotopic (exact) mass is 431 g/mol. The molecule has 164 valence electrons. The zero-order valence-corrected chi connectivity index (χ0v) is 18.0. The van der Waals surface area contributed by atoms with Crippen molar-refractivity contribution in [1.82, 2.24) is 5.43 Å². The smallest absolute Gasteiger partial charge is 0.249 e. The summed E-state index contributed by atoms with van der Waals surface area (Å²) in [4.78, 5) is 24.1. The van der Waals surface area contributed by atoms with Gasteiger partial charge in [-0.25, -0.2) is 5.43 Å². The van der Waals surface area contributed by atoms with E-state index in [4.69, 9.17) is 9.47 Å². The van der Waals surface area contributed by atoms with Gasteiger partial charge < -0.3 is 14.8 Å². The molecule has 7 heteroatoms. The minimum atomic E-state index is -0.523. The highest BCUT2D eigenvalue weighted by atomic mass is 16.5. The fraction of sp³-hybridized carbons (Fsp3) is 0.160. The molecule has 0 saturated carbocycles. The number of methoxy groups -OCH3 is 1. The van der Waals surface area contributed by atoms with E-state index >= 15 is 0 Å². The van der Waals surface area contributed by atoms with Crippen LogP contribution in [0.1, 0.15) is 23.1 Å². The van der Waals surface area contributed by atoms with Crippen LogP contribution in [0.5, 0.6) is 11.5 Å². The Bertz CT molecular complexity index is 1080. The second-order valence-electron chi connectivity index (χ2n) is 7.06. The lowest BCUT2D eigenvalue weighted by Gasteiger charge is -2.09. The summed E-state index contributed by atoms with van der Waals surface area (Å²) in [6, 6.07) is 22.3. The number of nitrogens with zero attached hydrogens (tertiary/aromatic N) is 1. The maximum Gasteiger partial charge on any atom is 0.249 e. The van der Waals surface area contributed by atoms with Gasteiger partial charge >= 0.3 is 0 Å². The SMILES string of the molecule is COc1ccc(NC(=O)CC(=O)NN=Cc2ccccc2OCc2ccc(C)cc2)cc1. The van der Waals surface area contributed by atoms with E-state index < -0.39 is 11.8 Å². The molecule has 0 aromatic heterocycles. The van der Waals surface area contributed by atoms with Crippen molar-refractivity contribution in [1.29, 1.82) is 0 Å². The molecule has 0 aliphatic rings. The van der Waals surface area contributed by atoms with Crippen molar-refractivity contribution in [2.24, 2.45) is 5.10 Å². The van der Waals surface area contributed by atoms with Crippen LogP contribution in [-0.2, 0) is 16.2 Å². The quantitative estimate of drug-likeness (QED) is 0.304. The highest BCUT2D eigenvalue weighted by molar-refractivity contribution is 6.03. The van der Waals surface area contributed by atoms with Crippen molar-refractivity contribution < 1.29 is 19.1 Å². The van der Waals surface area contributed by atoms with Crippen molar-refractivity contribution in [3.63, 3.8) is 0 Å². The van der Waals surface area contributed by atoms with Crippen LogP contribution >= 0.6 is 0 Å². The van der Waals surface area contributed by atoms with Crippen LogP contribution < -0.4 is 20.2 Å². The van der Waals surface area contributed by atoms with Gasteiger partial charge in [-0.3, -0.25) is 9.59 Å². The molecule has 0 heterocycles. The molecular weight excluding hydrogens is 406 g/mol. The van der Waals surface area contributed by atoms with Gasteiger partial charge in [0, 0.05) is 11.3 Å². The highest BCUT2D eigenvalue weighted by Crippen LogP contribution is 2.18. The zero-order chi connectivity index (χ0) is 22.8. The van der Waals surface area contributed by atoms with Gasteiger partial charge in [0.15, 0.2) is 0 Å². The molecule has 2 amide bonds. The maximum atomic E-state index is 12.0. The average molecular weight is 431 g/mol. The lowest BCUT2D eigenvalue weighted by atomic mass is 10.1. The van der Waals surface area contributed by atoms with Gasteiger partial charge in [-0.05, 0) is 48.9 Å². The Morgan fingerprint density at radius 2 is 1.66 bits per heavy atom. The Morgan fingerprint density at radius 3 is 2.38 bits per heavy atom. The number of aryl methyl sites for hydroxylation is 1. The Balaban J connectivity index is 1.49. The van der Waals surface area contributed by atoms with Gasteiger partial charge in [0.2, 0.25) is 11.8 Å². The second kappa shape index (κ2) is 11.3. The first-order valence-electron chi connectivity index (χ1n) is 10.1. The fourth-order valence-electron chi connectivity index (χ4n) is 2.80. The molecule has 0 fully saturated rings. The number of hydrazone groups is 1. The van der Waals surface area contributed by atoms with E-state index in [1.807, 2.05) is 55.5 Å². The molecule has 32 heavy (non-hydrogen) atoms. The number of amides is 2. The van der Waals surface area contributed by atoms with E-state index in [0.717, 1.165) is 5.56 Å². The Kier molecular flexibility index (Phi) is 7.97. The number of ether oxygens (including phenoxy) is 2. The van der Waals surface area contributed by atoms with Crippen molar-refractivity contribution >= 4 is 23.7 Å². The molecule has 0 bridgehead atoms. The average Bonchev–Trinajstić information content (AvgIpc) is 2.80. The summed E-state index contributed by atoms with van der Waals surface area (Å²) in [5, 5.41) is 6.60. The Labute approximate surface area is 187 Å². The molecule has 0 atom stereocenters. The molecule has 2 N–H and O–H groups in total. The van der Waals surface area contributed by atoms with Crippen LogP contribution in [0.25, 0.3) is 0 Å². The number of carbonyl (C=O) groups excluding carboxylic acids is 2. The predicted molar refractivity (Wildman–Crippen MR) is 124 cm³/mol. The summed E-state index contributed by atoms with van der Waals surface area (Å²) in [5.74, 6) is 0.358. The summed E-state index contributed by atoms with van der Waals surface area (Å²) < 4.78 is 11.0. The van der Waals surface area contributed by atoms with Gasteiger partial charge in [-0.15, -0.1) is 0 Å². The van der Waals surface area contributed by atoms with Crippen LogP contribution in [0.3, 0.4) is 0 Å². The number of nitrogens with one attached hydrogen (secondary N) is 2. The van der Waals surface area contributed by atoms with Gasteiger partial charge in [0.1, 0.15) is 24.5 Å². The molecule has 0 saturated heterocycles. The fourth-order valence-corrected chi connectivity index (χ4v) is 2.80. The number of anilines is 1. The van der Waals surface area contributed by atoms with Crippen molar-refractivity contribution in [2.45, 2.75) is 20.0 Å². The summed E-state index contributed by atoms with van der Waals surface area (Å²) in [5.41, 5.74) is 5.90. The van der Waals surface area contributed by atoms with Crippen LogP contribution in [-0.4, -0.2) is 25.1 Å². The lowest BCUT2D eigenvalue weighted by Crippen LogP contribution is -2.24. The molecule has 0 radical (unpaired) electrons. The van der Waals surface area contributed by atoms with Crippen LogP contribution in [0.4, 0.5) is 5.69 Å². The first-order chi connectivity index (χ1) is 15.5. The molecule has 3 aromatic carbocycles. The zero-order valence-electron chi connectivity index (χ0n) is 18.0. The van der Waals surface area contributed by atoms with Crippen LogP contribution in [0, 0.1) is 6.92 Å². The van der Waals surface area contributed by atoms with Crippen LogP contribution in [0.15, 0.2) is 77.9 Å². The van der Waals surface area contributed by atoms with E-state index in [-0.39, 0.29) is 6.42 Å². The number of para-hydroxylation sites is 1. The van der Waals surface area contributed by atoms with Crippen molar-refractivity contribution in [2.75, 3.05) is 12.4 Å². The van der Waals surface area contributed by atoms with E-state index in [0.29, 0.717) is 29.4 Å². The molecule has 0 unspecified atom stereocenters. The third kappa shape index (κ3) is 6.98. The minimum absolute atomic E-state index is 0.352. The van der Waals surface area contributed by atoms with Crippen molar-refractivity contribution in [3.05, 3.63) is 89.5 Å². The third-order valence-electron chi connectivity index (χ3n) is 4.52. The Hall–Kier alpha value is -4.13. The first-order valence-corrected chi connectivity index (χ1v) is 10.1. The molecule has 0 aliphatic carbocycles. The topological polar surface area (TPSA) is 89.0 Å². The maximum absolute atomic E-state index is 12.0. The number of rotatable bonds is 9. The van der Waals surface area contributed by atoms with Crippen LogP contribution in [0.2, 0.25) is 0 Å². The van der Waals surface area contributed by atoms with Gasteiger partial charge in [0.05, 0.1) is 13.3 Å². The van der Waals surface area contributed by atoms with E-state index in [9.17, 15) is 9.59 Å².